The molecular weight excluding hydrogens is 273 g/mol. The number of hydrogen-bond acceptors (Lipinski definition) is 5. The van der Waals surface area contributed by atoms with Crippen molar-refractivity contribution in [1.29, 1.82) is 0 Å². The largest absolute Gasteiger partial charge is 0.439 e. The number of para-hydroxylation sites is 1. The molecule has 0 saturated carbocycles. The van der Waals surface area contributed by atoms with E-state index in [2.05, 4.69) is 9.97 Å². The summed E-state index contributed by atoms with van der Waals surface area (Å²) in [7, 11) is 0. The van der Waals surface area contributed by atoms with Crippen molar-refractivity contribution in [1.82, 2.24) is 9.97 Å². The Kier molecular flexibility index (Phi) is 3.96. The van der Waals surface area contributed by atoms with Crippen LogP contribution in [0.4, 0.5) is 10.3 Å². The Balaban J connectivity index is 1.80. The van der Waals surface area contributed by atoms with E-state index in [9.17, 15) is 9.50 Å². The molecule has 0 unspecified atom stereocenters. The number of aliphatic hydroxyl groups excluding tert-OH is 1. The highest BCUT2D eigenvalue weighted by Crippen LogP contribution is 2.26. The number of anilines is 1. The van der Waals surface area contributed by atoms with E-state index < -0.39 is 6.17 Å². The summed E-state index contributed by atoms with van der Waals surface area (Å²) in [6, 6.07) is 10.6. The molecule has 1 fully saturated rings. The summed E-state index contributed by atoms with van der Waals surface area (Å²) < 4.78 is 19.1. The van der Waals surface area contributed by atoms with Gasteiger partial charge in [0.05, 0.1) is 19.2 Å². The van der Waals surface area contributed by atoms with Gasteiger partial charge < -0.3 is 14.7 Å². The molecule has 0 amide bonds. The number of halogens is 1. The van der Waals surface area contributed by atoms with Crippen LogP contribution in [0.25, 0.3) is 0 Å². The van der Waals surface area contributed by atoms with Crippen molar-refractivity contribution in [2.45, 2.75) is 18.6 Å². The number of aromatic nitrogens is 2. The number of aliphatic hydroxyl groups is 1. The first kappa shape index (κ1) is 13.8. The minimum absolute atomic E-state index is 0.118. The van der Waals surface area contributed by atoms with Crippen molar-refractivity contribution < 1.29 is 14.2 Å². The number of nitrogens with zero attached hydrogens (tertiary/aromatic N) is 3. The second kappa shape index (κ2) is 6.05. The molecule has 1 aromatic heterocycles. The monoisotopic (exact) mass is 289 g/mol. The van der Waals surface area contributed by atoms with Crippen molar-refractivity contribution in [3.63, 3.8) is 0 Å². The van der Waals surface area contributed by atoms with Crippen LogP contribution in [-0.2, 0) is 0 Å². The molecule has 5 nitrogen and oxygen atoms in total. The first-order valence-electron chi connectivity index (χ1n) is 6.84. The average molecular weight is 289 g/mol. The van der Waals surface area contributed by atoms with Crippen LogP contribution in [0, 0.1) is 0 Å². The van der Waals surface area contributed by atoms with Crippen LogP contribution in [0.1, 0.15) is 6.42 Å². The number of ether oxygens (including phenoxy) is 1. The third kappa shape index (κ3) is 3.11. The number of alkyl halides is 1. The Morgan fingerprint density at radius 3 is 2.86 bits per heavy atom. The molecule has 1 aliphatic heterocycles. The lowest BCUT2D eigenvalue weighted by atomic mass is 10.2. The van der Waals surface area contributed by atoms with Crippen LogP contribution in [0.5, 0.6) is 11.6 Å². The molecule has 6 heteroatoms. The van der Waals surface area contributed by atoms with Gasteiger partial charge in [0, 0.05) is 18.7 Å². The van der Waals surface area contributed by atoms with Gasteiger partial charge >= 0.3 is 0 Å². The van der Waals surface area contributed by atoms with E-state index in [1.165, 1.54) is 0 Å². The zero-order valence-electron chi connectivity index (χ0n) is 11.4. The van der Waals surface area contributed by atoms with E-state index in [1.54, 1.807) is 17.2 Å². The van der Waals surface area contributed by atoms with Crippen LogP contribution in [0.15, 0.2) is 42.6 Å². The molecule has 21 heavy (non-hydrogen) atoms. The van der Waals surface area contributed by atoms with Crippen LogP contribution in [0.2, 0.25) is 0 Å². The van der Waals surface area contributed by atoms with Gasteiger partial charge in [-0.25, -0.2) is 9.37 Å². The normalized spacial score (nSPS) is 21.5. The van der Waals surface area contributed by atoms with Gasteiger partial charge in [-0.3, -0.25) is 0 Å². The summed E-state index contributed by atoms with van der Waals surface area (Å²) in [6.07, 6.45) is 0.897. The first-order valence-corrected chi connectivity index (χ1v) is 6.84. The molecule has 0 bridgehead atoms. The van der Waals surface area contributed by atoms with E-state index in [4.69, 9.17) is 4.74 Å². The molecule has 2 aromatic rings. The maximum Gasteiger partial charge on any atom is 0.229 e. The van der Waals surface area contributed by atoms with E-state index >= 15 is 0 Å². The SMILES string of the molecule is OC[C@@H]1C[C@H](F)CN1c1nccc(Oc2ccccc2)n1. The summed E-state index contributed by atoms with van der Waals surface area (Å²) in [4.78, 5) is 10.1. The van der Waals surface area contributed by atoms with Gasteiger partial charge in [-0.15, -0.1) is 0 Å². The average Bonchev–Trinajstić information content (AvgIpc) is 2.90. The Morgan fingerprint density at radius 1 is 1.29 bits per heavy atom. The summed E-state index contributed by atoms with van der Waals surface area (Å²) in [5.41, 5.74) is 0. The van der Waals surface area contributed by atoms with E-state index in [-0.39, 0.29) is 19.2 Å². The predicted molar refractivity (Wildman–Crippen MR) is 76.3 cm³/mol. The third-order valence-corrected chi connectivity index (χ3v) is 3.41. The molecule has 0 spiro atoms. The summed E-state index contributed by atoms with van der Waals surface area (Å²) in [5.74, 6) is 1.44. The van der Waals surface area contributed by atoms with Gasteiger partial charge in [0.15, 0.2) is 0 Å². The van der Waals surface area contributed by atoms with Crippen molar-refractivity contribution >= 4 is 5.95 Å². The molecule has 2 heterocycles. The highest BCUT2D eigenvalue weighted by atomic mass is 19.1. The van der Waals surface area contributed by atoms with E-state index in [0.29, 0.717) is 24.0 Å². The van der Waals surface area contributed by atoms with Gasteiger partial charge in [0.25, 0.3) is 0 Å². The molecule has 1 saturated heterocycles. The van der Waals surface area contributed by atoms with Crippen LogP contribution in [-0.4, -0.2) is 40.4 Å². The summed E-state index contributed by atoms with van der Waals surface area (Å²) >= 11 is 0. The second-order valence-corrected chi connectivity index (χ2v) is 4.93. The highest BCUT2D eigenvalue weighted by molar-refractivity contribution is 5.37. The number of rotatable bonds is 4. The van der Waals surface area contributed by atoms with E-state index in [1.807, 2.05) is 30.3 Å². The van der Waals surface area contributed by atoms with Crippen molar-refractivity contribution in [2.24, 2.45) is 0 Å². The van der Waals surface area contributed by atoms with Crippen molar-refractivity contribution in [3.05, 3.63) is 42.6 Å². The summed E-state index contributed by atoms with van der Waals surface area (Å²) in [6.45, 7) is 0.0770. The van der Waals surface area contributed by atoms with Crippen LogP contribution in [0.3, 0.4) is 0 Å². The molecule has 0 aliphatic carbocycles. The number of benzene rings is 1. The topological polar surface area (TPSA) is 58.5 Å². The van der Waals surface area contributed by atoms with Gasteiger partial charge in [0.2, 0.25) is 11.8 Å². The molecule has 110 valence electrons. The molecular formula is C15H16FN3O2. The highest BCUT2D eigenvalue weighted by Gasteiger charge is 2.33. The lowest BCUT2D eigenvalue weighted by molar-refractivity contribution is 0.255. The Morgan fingerprint density at radius 2 is 2.10 bits per heavy atom. The smallest absolute Gasteiger partial charge is 0.229 e. The maximum atomic E-state index is 13.5. The fourth-order valence-corrected chi connectivity index (χ4v) is 2.41. The molecule has 1 aromatic carbocycles. The Bertz CT molecular complexity index is 596. The van der Waals surface area contributed by atoms with Crippen molar-refractivity contribution in [2.75, 3.05) is 18.1 Å². The third-order valence-electron chi connectivity index (χ3n) is 3.41. The maximum absolute atomic E-state index is 13.5. The zero-order chi connectivity index (χ0) is 14.7. The van der Waals surface area contributed by atoms with Crippen LogP contribution >= 0.6 is 0 Å². The quantitative estimate of drug-likeness (QED) is 0.935. The minimum Gasteiger partial charge on any atom is -0.439 e. The second-order valence-electron chi connectivity index (χ2n) is 4.93. The lowest BCUT2D eigenvalue weighted by Gasteiger charge is -2.22. The minimum atomic E-state index is -0.968. The number of hydrogen-bond donors (Lipinski definition) is 1. The molecule has 1 aliphatic rings. The van der Waals surface area contributed by atoms with Crippen LogP contribution < -0.4 is 9.64 Å². The summed E-state index contributed by atoms with van der Waals surface area (Å²) in [5, 5.41) is 9.32. The fourth-order valence-electron chi connectivity index (χ4n) is 2.41. The standard InChI is InChI=1S/C15H16FN3O2/c16-11-8-12(10-20)19(9-11)15-17-7-6-14(18-15)21-13-4-2-1-3-5-13/h1-7,11-12,20H,8-10H2/t11-,12-/m0/s1. The van der Waals surface area contributed by atoms with Gasteiger partial charge in [-0.1, -0.05) is 18.2 Å². The van der Waals surface area contributed by atoms with Gasteiger partial charge in [0.1, 0.15) is 11.9 Å². The predicted octanol–water partition coefficient (Wildman–Crippen LogP) is 2.18. The molecule has 3 rings (SSSR count). The molecule has 2 atom stereocenters. The van der Waals surface area contributed by atoms with Gasteiger partial charge in [-0.05, 0) is 12.1 Å². The Labute approximate surface area is 122 Å². The van der Waals surface area contributed by atoms with Gasteiger partial charge in [-0.2, -0.15) is 4.98 Å². The molecule has 1 N–H and O–H groups in total. The lowest BCUT2D eigenvalue weighted by Crippen LogP contribution is -2.33. The zero-order valence-corrected chi connectivity index (χ0v) is 11.4. The fraction of sp³-hybridized carbons (Fsp3) is 0.333. The Hall–Kier alpha value is -2.21. The first-order chi connectivity index (χ1) is 10.3. The van der Waals surface area contributed by atoms with Crippen molar-refractivity contribution in [3.8, 4) is 11.6 Å². The van der Waals surface area contributed by atoms with E-state index in [0.717, 1.165) is 0 Å². The molecule has 0 radical (unpaired) electrons.